The molecule has 1 aliphatic carbocycles. The number of hydrogen-bond donors (Lipinski definition) is 1. The third kappa shape index (κ3) is 3.10. The molecule has 0 fully saturated rings. The molecule has 0 radical (unpaired) electrons. The minimum atomic E-state index is 0.532. The zero-order valence-corrected chi connectivity index (χ0v) is 13.0. The normalized spacial score (nSPS) is 17.6. The lowest BCUT2D eigenvalue weighted by molar-refractivity contribution is 0.411. The lowest BCUT2D eigenvalue weighted by Gasteiger charge is -2.26. The molecule has 0 spiro atoms. The van der Waals surface area contributed by atoms with Crippen molar-refractivity contribution in [2.24, 2.45) is 7.05 Å². The fourth-order valence-electron chi connectivity index (χ4n) is 3.11. The summed E-state index contributed by atoms with van der Waals surface area (Å²) in [7, 11) is 3.70. The lowest BCUT2D eigenvalue weighted by atomic mass is 9.88. The van der Waals surface area contributed by atoms with Gasteiger partial charge in [0.25, 0.3) is 0 Å². The highest BCUT2D eigenvalue weighted by Gasteiger charge is 2.19. The first kappa shape index (κ1) is 14.1. The summed E-state index contributed by atoms with van der Waals surface area (Å²) in [5.74, 6) is 0.956. The van der Waals surface area contributed by atoms with Crippen LogP contribution in [0, 0.1) is 6.92 Å². The fourth-order valence-corrected chi connectivity index (χ4v) is 3.11. The van der Waals surface area contributed by atoms with Gasteiger partial charge in [0.05, 0.1) is 12.8 Å². The summed E-state index contributed by atoms with van der Waals surface area (Å²) in [5.41, 5.74) is 5.28. The molecular formula is C17H23N3O. The first-order valence-corrected chi connectivity index (χ1v) is 7.54. The van der Waals surface area contributed by atoms with Crippen molar-refractivity contribution in [1.29, 1.82) is 0 Å². The predicted octanol–water partition coefficient (Wildman–Crippen LogP) is 2.38. The lowest BCUT2D eigenvalue weighted by Crippen LogP contribution is -2.34. The first-order valence-electron chi connectivity index (χ1n) is 7.54. The zero-order chi connectivity index (χ0) is 14.8. The summed E-state index contributed by atoms with van der Waals surface area (Å²) in [6, 6.07) is 6.98. The fraction of sp³-hybridized carbons (Fsp3) is 0.471. The molecule has 1 heterocycles. The first-order chi connectivity index (χ1) is 10.2. The summed E-state index contributed by atoms with van der Waals surface area (Å²) in [6.45, 7) is 2.96. The highest BCUT2D eigenvalue weighted by Crippen LogP contribution is 2.25. The average Bonchev–Trinajstić information content (AvgIpc) is 2.82. The number of hydrogen-bond acceptors (Lipinski definition) is 3. The van der Waals surface area contributed by atoms with Crippen molar-refractivity contribution >= 4 is 0 Å². The van der Waals surface area contributed by atoms with E-state index in [2.05, 4.69) is 41.7 Å². The van der Waals surface area contributed by atoms with Crippen molar-refractivity contribution in [3.8, 4) is 5.75 Å². The Hall–Kier alpha value is -1.81. The van der Waals surface area contributed by atoms with Crippen LogP contribution in [0.2, 0.25) is 0 Å². The van der Waals surface area contributed by atoms with Crippen LogP contribution in [-0.4, -0.2) is 22.9 Å². The molecular weight excluding hydrogens is 262 g/mol. The quantitative estimate of drug-likeness (QED) is 0.937. The topological polar surface area (TPSA) is 39.1 Å². The SMILES string of the molecule is COc1ccc2c(c1)CC(NCc1cn(C)nc1C)CC2. The summed E-state index contributed by atoms with van der Waals surface area (Å²) in [5, 5.41) is 8.07. The number of aryl methyl sites for hydroxylation is 3. The molecule has 1 aromatic carbocycles. The van der Waals surface area contributed by atoms with Gasteiger partial charge in [-0.15, -0.1) is 0 Å². The van der Waals surface area contributed by atoms with Gasteiger partial charge in [-0.25, -0.2) is 0 Å². The van der Waals surface area contributed by atoms with Crippen molar-refractivity contribution in [3.63, 3.8) is 0 Å². The number of fused-ring (bicyclic) bond motifs is 1. The van der Waals surface area contributed by atoms with E-state index in [1.165, 1.54) is 23.1 Å². The van der Waals surface area contributed by atoms with E-state index in [1.54, 1.807) is 7.11 Å². The molecule has 1 aromatic heterocycles. The second-order valence-electron chi connectivity index (χ2n) is 5.87. The van der Waals surface area contributed by atoms with Crippen LogP contribution in [0.15, 0.2) is 24.4 Å². The van der Waals surface area contributed by atoms with Crippen molar-refractivity contribution in [1.82, 2.24) is 15.1 Å². The standard InChI is InChI=1S/C17H23N3O/c1-12-15(11-20(2)19-12)10-18-16-6-4-13-5-7-17(21-3)9-14(13)8-16/h5,7,9,11,16,18H,4,6,8,10H2,1-3H3. The molecule has 3 rings (SSSR count). The van der Waals surface area contributed by atoms with E-state index < -0.39 is 0 Å². The van der Waals surface area contributed by atoms with E-state index in [1.807, 2.05) is 11.7 Å². The van der Waals surface area contributed by atoms with Crippen molar-refractivity contribution in [2.45, 2.75) is 38.8 Å². The van der Waals surface area contributed by atoms with Crippen LogP contribution in [0.25, 0.3) is 0 Å². The average molecular weight is 285 g/mol. The molecule has 2 aromatic rings. The molecule has 4 heteroatoms. The summed E-state index contributed by atoms with van der Waals surface area (Å²) < 4.78 is 7.21. The van der Waals surface area contributed by atoms with E-state index >= 15 is 0 Å². The minimum Gasteiger partial charge on any atom is -0.497 e. The van der Waals surface area contributed by atoms with Gasteiger partial charge in [-0.3, -0.25) is 4.68 Å². The molecule has 0 saturated carbocycles. The Balaban J connectivity index is 1.64. The maximum absolute atomic E-state index is 5.33. The molecule has 0 amide bonds. The van der Waals surface area contributed by atoms with Crippen LogP contribution in [0.4, 0.5) is 0 Å². The van der Waals surface area contributed by atoms with Crippen LogP contribution in [0.3, 0.4) is 0 Å². The Morgan fingerprint density at radius 2 is 2.24 bits per heavy atom. The number of ether oxygens (including phenoxy) is 1. The van der Waals surface area contributed by atoms with E-state index in [0.29, 0.717) is 6.04 Å². The molecule has 21 heavy (non-hydrogen) atoms. The van der Waals surface area contributed by atoms with E-state index in [-0.39, 0.29) is 0 Å². The number of methoxy groups -OCH3 is 1. The van der Waals surface area contributed by atoms with Gasteiger partial charge >= 0.3 is 0 Å². The number of aromatic nitrogens is 2. The van der Waals surface area contributed by atoms with E-state index in [0.717, 1.165) is 30.8 Å². The second-order valence-corrected chi connectivity index (χ2v) is 5.87. The number of nitrogens with one attached hydrogen (secondary N) is 1. The summed E-state index contributed by atoms with van der Waals surface area (Å²) in [4.78, 5) is 0. The molecule has 0 saturated heterocycles. The Kier molecular flexibility index (Phi) is 3.97. The molecule has 1 atom stereocenters. The second kappa shape index (κ2) is 5.90. The van der Waals surface area contributed by atoms with Gasteiger partial charge in [-0.05, 0) is 49.4 Å². The van der Waals surface area contributed by atoms with Gasteiger partial charge in [-0.1, -0.05) is 6.07 Å². The maximum Gasteiger partial charge on any atom is 0.119 e. The molecule has 1 unspecified atom stereocenters. The Morgan fingerprint density at radius 3 is 2.95 bits per heavy atom. The van der Waals surface area contributed by atoms with Gasteiger partial charge in [0.15, 0.2) is 0 Å². The monoisotopic (exact) mass is 285 g/mol. The smallest absolute Gasteiger partial charge is 0.119 e. The van der Waals surface area contributed by atoms with Gasteiger partial charge in [0.1, 0.15) is 5.75 Å². The highest BCUT2D eigenvalue weighted by molar-refractivity contribution is 5.38. The van der Waals surface area contributed by atoms with Crippen LogP contribution in [0.5, 0.6) is 5.75 Å². The van der Waals surface area contributed by atoms with Crippen molar-refractivity contribution in [3.05, 3.63) is 46.8 Å². The highest BCUT2D eigenvalue weighted by atomic mass is 16.5. The number of rotatable bonds is 4. The third-order valence-electron chi connectivity index (χ3n) is 4.34. The molecule has 112 valence electrons. The molecule has 4 nitrogen and oxygen atoms in total. The summed E-state index contributed by atoms with van der Waals surface area (Å²) in [6.07, 6.45) is 5.51. The molecule has 0 aliphatic heterocycles. The Labute approximate surface area is 126 Å². The molecule has 1 N–H and O–H groups in total. The van der Waals surface area contributed by atoms with E-state index in [9.17, 15) is 0 Å². The third-order valence-corrected chi connectivity index (χ3v) is 4.34. The van der Waals surface area contributed by atoms with Crippen LogP contribution < -0.4 is 10.1 Å². The van der Waals surface area contributed by atoms with Gasteiger partial charge in [0, 0.05) is 31.4 Å². The van der Waals surface area contributed by atoms with E-state index in [4.69, 9.17) is 4.74 Å². The Bertz CT molecular complexity index is 633. The van der Waals surface area contributed by atoms with Gasteiger partial charge < -0.3 is 10.1 Å². The molecule has 1 aliphatic rings. The van der Waals surface area contributed by atoms with Gasteiger partial charge in [0.2, 0.25) is 0 Å². The van der Waals surface area contributed by atoms with Crippen molar-refractivity contribution < 1.29 is 4.74 Å². The predicted molar refractivity (Wildman–Crippen MR) is 83.6 cm³/mol. The maximum atomic E-state index is 5.33. The number of benzene rings is 1. The zero-order valence-electron chi connectivity index (χ0n) is 13.0. The van der Waals surface area contributed by atoms with Crippen LogP contribution >= 0.6 is 0 Å². The molecule has 0 bridgehead atoms. The summed E-state index contributed by atoms with van der Waals surface area (Å²) >= 11 is 0. The minimum absolute atomic E-state index is 0.532. The largest absolute Gasteiger partial charge is 0.497 e. The Morgan fingerprint density at radius 1 is 1.38 bits per heavy atom. The van der Waals surface area contributed by atoms with Gasteiger partial charge in [-0.2, -0.15) is 5.10 Å². The van der Waals surface area contributed by atoms with Crippen molar-refractivity contribution in [2.75, 3.05) is 7.11 Å². The van der Waals surface area contributed by atoms with Crippen LogP contribution in [0.1, 0.15) is 28.8 Å². The van der Waals surface area contributed by atoms with Crippen LogP contribution in [-0.2, 0) is 26.4 Å². The number of nitrogens with zero attached hydrogens (tertiary/aromatic N) is 2.